The van der Waals surface area contributed by atoms with Crippen LogP contribution in [-0.2, 0) is 34.1 Å². The standard InChI is InChI=1S/C19H26N2O8S2/c1-13-9-21(10-14(2)29-13)31(26,27)17-5-3-4-15(8-17)19(23)28-11-18(22)20-16-6-7-30(24,25)12-16/h3-5,8,13-14,16H,6-7,9-12H2,1-2H3,(H,20,22). The molecule has 3 unspecified atom stereocenters. The number of carbonyl (C=O) groups excluding carboxylic acids is 2. The Morgan fingerprint density at radius 3 is 2.52 bits per heavy atom. The molecule has 0 saturated carbocycles. The quantitative estimate of drug-likeness (QED) is 0.567. The van der Waals surface area contributed by atoms with Crippen LogP contribution in [0.2, 0.25) is 0 Å². The van der Waals surface area contributed by atoms with Crippen LogP contribution in [0.15, 0.2) is 29.2 Å². The fourth-order valence-electron chi connectivity index (χ4n) is 3.65. The summed E-state index contributed by atoms with van der Waals surface area (Å²) < 4.78 is 60.7. The van der Waals surface area contributed by atoms with Gasteiger partial charge in [-0.05, 0) is 38.5 Å². The van der Waals surface area contributed by atoms with E-state index in [1.165, 1.54) is 28.6 Å². The van der Waals surface area contributed by atoms with Crippen molar-refractivity contribution in [1.29, 1.82) is 0 Å². The molecule has 2 fully saturated rings. The number of morpholine rings is 1. The van der Waals surface area contributed by atoms with Crippen LogP contribution in [0, 0.1) is 0 Å². The molecule has 2 aliphatic rings. The van der Waals surface area contributed by atoms with Crippen molar-refractivity contribution >= 4 is 31.7 Å². The van der Waals surface area contributed by atoms with Crippen LogP contribution >= 0.6 is 0 Å². The molecular weight excluding hydrogens is 448 g/mol. The second-order valence-electron chi connectivity index (χ2n) is 7.85. The van der Waals surface area contributed by atoms with Crippen molar-refractivity contribution in [3.63, 3.8) is 0 Å². The second-order valence-corrected chi connectivity index (χ2v) is 12.0. The predicted octanol–water partition coefficient (Wildman–Crippen LogP) is -0.0554. The summed E-state index contributed by atoms with van der Waals surface area (Å²) in [4.78, 5) is 24.2. The van der Waals surface area contributed by atoms with Gasteiger partial charge in [0.25, 0.3) is 5.91 Å². The average Bonchev–Trinajstić information content (AvgIpc) is 3.03. The normalized spacial score (nSPS) is 26.3. The monoisotopic (exact) mass is 474 g/mol. The van der Waals surface area contributed by atoms with Gasteiger partial charge in [0.2, 0.25) is 10.0 Å². The molecule has 172 valence electrons. The second kappa shape index (κ2) is 9.23. The van der Waals surface area contributed by atoms with Gasteiger partial charge in [-0.1, -0.05) is 6.07 Å². The SMILES string of the molecule is CC1CN(S(=O)(=O)c2cccc(C(=O)OCC(=O)NC3CCS(=O)(=O)C3)c2)CC(C)O1. The minimum Gasteiger partial charge on any atom is -0.452 e. The molecule has 1 aromatic carbocycles. The lowest BCUT2D eigenvalue weighted by Gasteiger charge is -2.34. The zero-order valence-electron chi connectivity index (χ0n) is 17.3. The fourth-order valence-corrected chi connectivity index (χ4v) is 6.96. The first-order valence-corrected chi connectivity index (χ1v) is 13.1. The highest BCUT2D eigenvalue weighted by molar-refractivity contribution is 7.91. The van der Waals surface area contributed by atoms with Gasteiger partial charge in [-0.25, -0.2) is 21.6 Å². The third kappa shape index (κ3) is 6.03. The van der Waals surface area contributed by atoms with E-state index in [9.17, 15) is 26.4 Å². The Labute approximate surface area is 181 Å². The van der Waals surface area contributed by atoms with Crippen LogP contribution in [0.3, 0.4) is 0 Å². The number of nitrogens with one attached hydrogen (secondary N) is 1. The van der Waals surface area contributed by atoms with Gasteiger partial charge in [-0.3, -0.25) is 4.79 Å². The highest BCUT2D eigenvalue weighted by Gasteiger charge is 2.33. The lowest BCUT2D eigenvalue weighted by atomic mass is 10.2. The molecule has 1 amide bonds. The molecule has 0 bridgehead atoms. The smallest absolute Gasteiger partial charge is 0.338 e. The molecule has 2 heterocycles. The third-order valence-corrected chi connectivity index (χ3v) is 8.62. The molecule has 2 saturated heterocycles. The lowest BCUT2D eigenvalue weighted by Crippen LogP contribution is -2.48. The van der Waals surface area contributed by atoms with E-state index in [-0.39, 0.29) is 47.3 Å². The summed E-state index contributed by atoms with van der Waals surface area (Å²) in [6, 6.07) is 4.93. The van der Waals surface area contributed by atoms with E-state index >= 15 is 0 Å². The molecule has 0 aromatic heterocycles. The Balaban J connectivity index is 1.61. The molecule has 2 aliphatic heterocycles. The molecular formula is C19H26N2O8S2. The van der Waals surface area contributed by atoms with Crippen molar-refractivity contribution in [2.75, 3.05) is 31.2 Å². The Hall–Kier alpha value is -2.02. The number of rotatable bonds is 6. The maximum Gasteiger partial charge on any atom is 0.338 e. The number of ether oxygens (including phenoxy) is 2. The van der Waals surface area contributed by atoms with Crippen LogP contribution < -0.4 is 5.32 Å². The van der Waals surface area contributed by atoms with Gasteiger partial charge in [0.15, 0.2) is 16.4 Å². The number of esters is 1. The predicted molar refractivity (Wildman–Crippen MR) is 111 cm³/mol. The number of nitrogens with zero attached hydrogens (tertiary/aromatic N) is 1. The summed E-state index contributed by atoms with van der Waals surface area (Å²) in [6.45, 7) is 3.40. The Morgan fingerprint density at radius 1 is 1.23 bits per heavy atom. The van der Waals surface area contributed by atoms with Crippen molar-refractivity contribution < 1.29 is 35.9 Å². The highest BCUT2D eigenvalue weighted by Crippen LogP contribution is 2.22. The molecule has 10 nitrogen and oxygen atoms in total. The summed E-state index contributed by atoms with van der Waals surface area (Å²) in [5.41, 5.74) is -0.00771. The highest BCUT2D eigenvalue weighted by atomic mass is 32.2. The number of sulfonamides is 1. The summed E-state index contributed by atoms with van der Waals surface area (Å²) in [6.07, 6.45) is -0.180. The number of carbonyl (C=O) groups is 2. The first-order valence-electron chi connectivity index (χ1n) is 9.89. The van der Waals surface area contributed by atoms with Gasteiger partial charge in [0.1, 0.15) is 0 Å². The van der Waals surface area contributed by atoms with Crippen molar-refractivity contribution in [2.24, 2.45) is 0 Å². The minimum atomic E-state index is -3.83. The zero-order valence-corrected chi connectivity index (χ0v) is 18.9. The maximum atomic E-state index is 13.0. The molecule has 12 heteroatoms. The van der Waals surface area contributed by atoms with Crippen molar-refractivity contribution in [1.82, 2.24) is 9.62 Å². The number of benzene rings is 1. The molecule has 0 aliphatic carbocycles. The van der Waals surface area contributed by atoms with Crippen molar-refractivity contribution in [3.8, 4) is 0 Å². The number of sulfone groups is 1. The van der Waals surface area contributed by atoms with E-state index in [1.54, 1.807) is 13.8 Å². The van der Waals surface area contributed by atoms with Gasteiger partial charge in [-0.15, -0.1) is 0 Å². The van der Waals surface area contributed by atoms with E-state index in [4.69, 9.17) is 9.47 Å². The number of hydrogen-bond donors (Lipinski definition) is 1. The zero-order chi connectivity index (χ0) is 22.8. The molecule has 1 aromatic rings. The van der Waals surface area contributed by atoms with Crippen LogP contribution in [0.4, 0.5) is 0 Å². The fraction of sp³-hybridized carbons (Fsp3) is 0.579. The maximum absolute atomic E-state index is 13.0. The third-order valence-electron chi connectivity index (χ3n) is 5.03. The Morgan fingerprint density at radius 2 is 1.90 bits per heavy atom. The summed E-state index contributed by atoms with van der Waals surface area (Å²) in [7, 11) is -6.97. The van der Waals surface area contributed by atoms with E-state index in [1.807, 2.05) is 0 Å². The molecule has 0 spiro atoms. The topological polar surface area (TPSA) is 136 Å². The van der Waals surface area contributed by atoms with Gasteiger partial charge < -0.3 is 14.8 Å². The molecule has 31 heavy (non-hydrogen) atoms. The Kier molecular flexibility index (Phi) is 7.04. The van der Waals surface area contributed by atoms with Crippen LogP contribution in [0.5, 0.6) is 0 Å². The Bertz CT molecular complexity index is 1040. The van der Waals surface area contributed by atoms with E-state index < -0.39 is 44.4 Å². The van der Waals surface area contributed by atoms with Crippen LogP contribution in [0.25, 0.3) is 0 Å². The van der Waals surface area contributed by atoms with Crippen molar-refractivity contribution in [2.45, 2.75) is 43.4 Å². The van der Waals surface area contributed by atoms with Crippen molar-refractivity contribution in [3.05, 3.63) is 29.8 Å². The van der Waals surface area contributed by atoms with Crippen LogP contribution in [-0.4, -0.2) is 82.5 Å². The summed E-state index contributed by atoms with van der Waals surface area (Å²) in [5, 5.41) is 2.52. The first-order chi connectivity index (χ1) is 14.5. The molecule has 0 radical (unpaired) electrons. The largest absolute Gasteiger partial charge is 0.452 e. The van der Waals surface area contributed by atoms with E-state index in [0.29, 0.717) is 6.42 Å². The summed E-state index contributed by atoms with van der Waals surface area (Å²) >= 11 is 0. The summed E-state index contributed by atoms with van der Waals surface area (Å²) in [5.74, 6) is -1.59. The molecule has 3 rings (SSSR count). The van der Waals surface area contributed by atoms with E-state index in [0.717, 1.165) is 0 Å². The van der Waals surface area contributed by atoms with E-state index in [2.05, 4.69) is 5.32 Å². The molecule has 1 N–H and O–H groups in total. The average molecular weight is 475 g/mol. The van der Waals surface area contributed by atoms with Crippen LogP contribution in [0.1, 0.15) is 30.6 Å². The van der Waals surface area contributed by atoms with Gasteiger partial charge in [0, 0.05) is 19.1 Å². The lowest BCUT2D eigenvalue weighted by molar-refractivity contribution is -0.124. The van der Waals surface area contributed by atoms with Gasteiger partial charge in [-0.2, -0.15) is 4.31 Å². The number of hydrogen-bond acceptors (Lipinski definition) is 8. The van der Waals surface area contributed by atoms with Gasteiger partial charge in [0.05, 0.1) is 34.2 Å². The molecule has 3 atom stereocenters. The first kappa shape index (κ1) is 23.6. The minimum absolute atomic E-state index is 0.00771. The van der Waals surface area contributed by atoms with Gasteiger partial charge >= 0.3 is 5.97 Å². The number of amides is 1.